The third kappa shape index (κ3) is 4.71. The van der Waals surface area contributed by atoms with Gasteiger partial charge in [0.1, 0.15) is 5.82 Å². The summed E-state index contributed by atoms with van der Waals surface area (Å²) in [5.74, 6) is 1.18. The van der Waals surface area contributed by atoms with E-state index >= 15 is 0 Å². The summed E-state index contributed by atoms with van der Waals surface area (Å²) in [7, 11) is 3.73. The van der Waals surface area contributed by atoms with Gasteiger partial charge in [0.05, 0.1) is 6.20 Å². The largest absolute Gasteiger partial charge is 0.352 e. The molecule has 7 heteroatoms. The molecule has 1 aromatic heterocycles. The molecule has 1 aliphatic heterocycles. The maximum absolute atomic E-state index is 13.7. The Morgan fingerprint density at radius 3 is 2.88 bits per heavy atom. The van der Waals surface area contributed by atoms with Crippen LogP contribution in [0.15, 0.2) is 35.6 Å². The second-order valence-corrected chi connectivity index (χ2v) is 6.36. The summed E-state index contributed by atoms with van der Waals surface area (Å²) >= 11 is 0. The first-order valence-corrected chi connectivity index (χ1v) is 8.26. The molecule has 2 heterocycles. The van der Waals surface area contributed by atoms with Crippen LogP contribution < -0.4 is 5.32 Å². The molecule has 25 heavy (non-hydrogen) atoms. The third-order valence-corrected chi connectivity index (χ3v) is 4.58. The third-order valence-electron chi connectivity index (χ3n) is 4.58. The fourth-order valence-electron chi connectivity index (χ4n) is 3.14. The Kier molecular flexibility index (Phi) is 6.80. The Morgan fingerprint density at radius 2 is 2.24 bits per heavy atom. The summed E-state index contributed by atoms with van der Waals surface area (Å²) in [4.78, 5) is 6.63. The minimum absolute atomic E-state index is 0. The van der Waals surface area contributed by atoms with E-state index < -0.39 is 0 Å². The van der Waals surface area contributed by atoms with Crippen molar-refractivity contribution in [3.05, 3.63) is 53.1 Å². The van der Waals surface area contributed by atoms with Gasteiger partial charge in [0.25, 0.3) is 0 Å². The van der Waals surface area contributed by atoms with Gasteiger partial charge in [0, 0.05) is 45.8 Å². The number of aryl methyl sites for hydroxylation is 2. The first kappa shape index (κ1) is 19.7. The minimum Gasteiger partial charge on any atom is -0.352 e. The van der Waals surface area contributed by atoms with Gasteiger partial charge in [-0.15, -0.1) is 24.0 Å². The van der Waals surface area contributed by atoms with Crippen LogP contribution in [0.1, 0.15) is 29.0 Å². The quantitative estimate of drug-likeness (QED) is 0.438. The summed E-state index contributed by atoms with van der Waals surface area (Å²) in [5.41, 5.74) is 2.86. The van der Waals surface area contributed by atoms with Crippen molar-refractivity contribution in [3.8, 4) is 0 Å². The van der Waals surface area contributed by atoms with Crippen molar-refractivity contribution in [2.75, 3.05) is 20.1 Å². The van der Waals surface area contributed by atoms with E-state index in [9.17, 15) is 4.39 Å². The summed E-state index contributed by atoms with van der Waals surface area (Å²) < 4.78 is 15.5. The van der Waals surface area contributed by atoms with Crippen molar-refractivity contribution in [2.45, 2.75) is 25.8 Å². The monoisotopic (exact) mass is 457 g/mol. The molecular formula is C18H25FIN5. The van der Waals surface area contributed by atoms with Gasteiger partial charge in [-0.25, -0.2) is 4.39 Å². The summed E-state index contributed by atoms with van der Waals surface area (Å²) in [6, 6.07) is 5.34. The molecule has 0 radical (unpaired) electrons. The maximum atomic E-state index is 13.7. The number of guanidine groups is 1. The first-order valence-electron chi connectivity index (χ1n) is 8.26. The fraction of sp³-hybridized carbons (Fsp3) is 0.444. The van der Waals surface area contributed by atoms with Crippen LogP contribution in [0.25, 0.3) is 0 Å². The Morgan fingerprint density at radius 1 is 1.44 bits per heavy atom. The second-order valence-electron chi connectivity index (χ2n) is 6.36. The van der Waals surface area contributed by atoms with Crippen molar-refractivity contribution < 1.29 is 4.39 Å². The average Bonchev–Trinajstić information content (AvgIpc) is 3.20. The van der Waals surface area contributed by atoms with E-state index in [4.69, 9.17) is 0 Å². The van der Waals surface area contributed by atoms with Crippen molar-refractivity contribution in [1.82, 2.24) is 20.0 Å². The highest BCUT2D eigenvalue weighted by Gasteiger charge is 2.26. The van der Waals surface area contributed by atoms with Crippen LogP contribution in [0.5, 0.6) is 0 Å². The fourth-order valence-corrected chi connectivity index (χ4v) is 3.14. The van der Waals surface area contributed by atoms with E-state index in [0.717, 1.165) is 31.0 Å². The number of rotatable bonds is 3. The molecule has 1 unspecified atom stereocenters. The molecule has 1 N–H and O–H groups in total. The number of likely N-dealkylation sites (tertiary alicyclic amines) is 1. The van der Waals surface area contributed by atoms with E-state index in [2.05, 4.69) is 26.5 Å². The molecular weight excluding hydrogens is 432 g/mol. The lowest BCUT2D eigenvalue weighted by Gasteiger charge is -2.21. The Balaban J connectivity index is 0.00000225. The van der Waals surface area contributed by atoms with Crippen LogP contribution in [-0.2, 0) is 13.6 Å². The predicted molar refractivity (Wildman–Crippen MR) is 109 cm³/mol. The predicted octanol–water partition coefficient (Wildman–Crippen LogP) is 3.05. The van der Waals surface area contributed by atoms with Crippen LogP contribution in [-0.4, -0.2) is 40.8 Å². The molecule has 0 amide bonds. The Hall–Kier alpha value is -1.64. The maximum Gasteiger partial charge on any atom is 0.193 e. The molecule has 5 nitrogen and oxygen atoms in total. The molecule has 2 aromatic rings. The summed E-state index contributed by atoms with van der Waals surface area (Å²) in [6.45, 7) is 4.22. The lowest BCUT2D eigenvalue weighted by atomic mass is 10.0. The molecule has 1 atom stereocenters. The highest BCUT2D eigenvalue weighted by atomic mass is 127. The van der Waals surface area contributed by atoms with Gasteiger partial charge in [0.15, 0.2) is 5.96 Å². The second kappa shape index (κ2) is 8.64. The van der Waals surface area contributed by atoms with Gasteiger partial charge >= 0.3 is 0 Å². The molecule has 0 saturated carbocycles. The topological polar surface area (TPSA) is 45.5 Å². The molecule has 1 fully saturated rings. The number of halogens is 2. The minimum atomic E-state index is -0.165. The number of aromatic nitrogens is 2. The van der Waals surface area contributed by atoms with Crippen LogP contribution in [0.2, 0.25) is 0 Å². The molecule has 0 bridgehead atoms. The number of hydrogen-bond acceptors (Lipinski definition) is 2. The van der Waals surface area contributed by atoms with E-state index in [0.29, 0.717) is 18.0 Å². The van der Waals surface area contributed by atoms with Gasteiger partial charge in [0.2, 0.25) is 0 Å². The first-order chi connectivity index (χ1) is 11.6. The number of nitrogens with one attached hydrogen (secondary N) is 1. The summed E-state index contributed by atoms with van der Waals surface area (Å²) in [5, 5.41) is 7.60. The number of nitrogens with zero attached hydrogens (tertiary/aromatic N) is 4. The van der Waals surface area contributed by atoms with Crippen molar-refractivity contribution in [1.29, 1.82) is 0 Å². The van der Waals surface area contributed by atoms with E-state index in [1.165, 1.54) is 5.56 Å². The van der Waals surface area contributed by atoms with Gasteiger partial charge in [-0.2, -0.15) is 5.10 Å². The van der Waals surface area contributed by atoms with E-state index in [1.54, 1.807) is 20.0 Å². The Labute approximate surface area is 165 Å². The Bertz CT molecular complexity index is 743. The van der Waals surface area contributed by atoms with Gasteiger partial charge < -0.3 is 10.2 Å². The molecule has 136 valence electrons. The molecule has 1 saturated heterocycles. The lowest BCUT2D eigenvalue weighted by molar-refractivity contribution is 0.485. The van der Waals surface area contributed by atoms with Crippen molar-refractivity contribution in [2.24, 2.45) is 12.0 Å². The van der Waals surface area contributed by atoms with E-state index in [-0.39, 0.29) is 29.8 Å². The molecule has 0 spiro atoms. The highest BCUT2D eigenvalue weighted by molar-refractivity contribution is 14.0. The van der Waals surface area contributed by atoms with Crippen LogP contribution in [0.3, 0.4) is 0 Å². The number of aliphatic imine (C=N–C) groups is 1. The zero-order valence-electron chi connectivity index (χ0n) is 14.9. The van der Waals surface area contributed by atoms with Crippen molar-refractivity contribution in [3.63, 3.8) is 0 Å². The SMILES string of the molecule is CN=C(NCc1ccc(C)c(F)c1)N1CCC(c2cnn(C)c2)C1.I. The average molecular weight is 457 g/mol. The van der Waals surface area contributed by atoms with Gasteiger partial charge in [-0.1, -0.05) is 12.1 Å². The summed E-state index contributed by atoms with van der Waals surface area (Å²) in [6.07, 6.45) is 5.12. The molecule has 1 aromatic carbocycles. The normalized spacial score (nSPS) is 17.5. The number of benzene rings is 1. The van der Waals surface area contributed by atoms with Crippen LogP contribution >= 0.6 is 24.0 Å². The highest BCUT2D eigenvalue weighted by Crippen LogP contribution is 2.26. The van der Waals surface area contributed by atoms with Crippen LogP contribution in [0, 0.1) is 12.7 Å². The van der Waals surface area contributed by atoms with E-state index in [1.807, 2.05) is 30.1 Å². The van der Waals surface area contributed by atoms with Gasteiger partial charge in [-0.05, 0) is 36.1 Å². The lowest BCUT2D eigenvalue weighted by Crippen LogP contribution is -2.39. The number of hydrogen-bond donors (Lipinski definition) is 1. The zero-order chi connectivity index (χ0) is 17.1. The smallest absolute Gasteiger partial charge is 0.193 e. The van der Waals surface area contributed by atoms with Crippen molar-refractivity contribution >= 4 is 29.9 Å². The molecule has 0 aliphatic carbocycles. The standard InChI is InChI=1S/C18H24FN5.HI/c1-13-4-5-14(8-17(13)19)9-21-18(20-2)24-7-6-15(12-24)16-10-22-23(3)11-16;/h4-5,8,10-11,15H,6-7,9,12H2,1-3H3,(H,20,21);1H. The molecule has 3 rings (SSSR count). The zero-order valence-corrected chi connectivity index (χ0v) is 17.2. The van der Waals surface area contributed by atoms with Crippen LogP contribution in [0.4, 0.5) is 4.39 Å². The molecule has 1 aliphatic rings. The van der Waals surface area contributed by atoms with Gasteiger partial charge in [-0.3, -0.25) is 9.67 Å².